The molecule has 0 radical (unpaired) electrons. The SMILES string of the molecule is CCCCCCCC(OS(=O)(=O)c1ccc(C)cc1)N(CCCO)CCCO. The Balaban J connectivity index is 2.90. The van der Waals surface area contributed by atoms with Crippen LogP contribution in [0.5, 0.6) is 0 Å². The minimum atomic E-state index is -3.89. The Hall–Kier alpha value is -0.990. The fraction of sp³-hybridized carbons (Fsp3) is 0.714. The highest BCUT2D eigenvalue weighted by Gasteiger charge is 2.26. The summed E-state index contributed by atoms with van der Waals surface area (Å²) in [6.45, 7) is 5.18. The van der Waals surface area contributed by atoms with Gasteiger partial charge in [-0.3, -0.25) is 4.90 Å². The fourth-order valence-electron chi connectivity index (χ4n) is 3.07. The monoisotopic (exact) mass is 415 g/mol. The molecule has 0 saturated carbocycles. The van der Waals surface area contributed by atoms with E-state index in [1.807, 2.05) is 11.8 Å². The van der Waals surface area contributed by atoms with Gasteiger partial charge in [-0.05, 0) is 44.7 Å². The number of hydrogen-bond donors (Lipinski definition) is 2. The van der Waals surface area contributed by atoms with E-state index in [-0.39, 0.29) is 18.1 Å². The summed E-state index contributed by atoms with van der Waals surface area (Å²) in [5.41, 5.74) is 0.985. The van der Waals surface area contributed by atoms with Crippen molar-refractivity contribution in [2.45, 2.75) is 76.3 Å². The summed E-state index contributed by atoms with van der Waals surface area (Å²) in [6.07, 6.45) is 6.44. The molecule has 28 heavy (non-hydrogen) atoms. The molecule has 0 aliphatic heterocycles. The third-order valence-electron chi connectivity index (χ3n) is 4.72. The second-order valence-electron chi connectivity index (χ2n) is 7.21. The van der Waals surface area contributed by atoms with E-state index in [0.717, 1.165) is 31.2 Å². The number of aliphatic hydroxyl groups is 2. The van der Waals surface area contributed by atoms with Gasteiger partial charge in [-0.2, -0.15) is 8.42 Å². The first kappa shape index (κ1) is 25.0. The van der Waals surface area contributed by atoms with Crippen LogP contribution in [0, 0.1) is 6.92 Å². The topological polar surface area (TPSA) is 87.1 Å². The van der Waals surface area contributed by atoms with E-state index in [1.54, 1.807) is 24.3 Å². The van der Waals surface area contributed by atoms with Crippen LogP contribution in [0.3, 0.4) is 0 Å². The summed E-state index contributed by atoms with van der Waals surface area (Å²) in [5, 5.41) is 18.4. The molecule has 0 fully saturated rings. The Labute approximate surface area is 170 Å². The molecule has 0 aromatic heterocycles. The van der Waals surface area contributed by atoms with Crippen molar-refractivity contribution in [3.63, 3.8) is 0 Å². The van der Waals surface area contributed by atoms with Crippen LogP contribution in [0.1, 0.15) is 63.9 Å². The summed E-state index contributed by atoms with van der Waals surface area (Å²) in [4.78, 5) is 2.08. The lowest BCUT2D eigenvalue weighted by atomic mass is 10.1. The first-order valence-corrected chi connectivity index (χ1v) is 11.8. The third-order valence-corrected chi connectivity index (χ3v) is 6.04. The Morgan fingerprint density at radius 3 is 2.04 bits per heavy atom. The number of aryl methyl sites for hydroxylation is 1. The first-order chi connectivity index (χ1) is 13.4. The zero-order valence-corrected chi connectivity index (χ0v) is 18.2. The molecular weight excluding hydrogens is 378 g/mol. The predicted octanol–water partition coefficient (Wildman–Crippen LogP) is 3.45. The van der Waals surface area contributed by atoms with E-state index < -0.39 is 16.3 Å². The van der Waals surface area contributed by atoms with E-state index in [2.05, 4.69) is 6.92 Å². The van der Waals surface area contributed by atoms with E-state index in [0.29, 0.717) is 32.4 Å². The van der Waals surface area contributed by atoms with Crippen molar-refractivity contribution < 1.29 is 22.8 Å². The van der Waals surface area contributed by atoms with Crippen LogP contribution in [0.4, 0.5) is 0 Å². The van der Waals surface area contributed by atoms with Crippen molar-refractivity contribution in [3.8, 4) is 0 Å². The number of aliphatic hydroxyl groups excluding tert-OH is 2. The largest absolute Gasteiger partial charge is 0.396 e. The molecule has 1 unspecified atom stereocenters. The Kier molecular flexibility index (Phi) is 12.6. The quantitative estimate of drug-likeness (QED) is 0.244. The highest BCUT2D eigenvalue weighted by Crippen LogP contribution is 2.21. The van der Waals surface area contributed by atoms with Crippen molar-refractivity contribution in [1.82, 2.24) is 4.90 Å². The van der Waals surface area contributed by atoms with Gasteiger partial charge in [0.25, 0.3) is 10.1 Å². The van der Waals surface area contributed by atoms with Crippen LogP contribution in [0.25, 0.3) is 0 Å². The molecule has 0 heterocycles. The molecule has 7 heteroatoms. The van der Waals surface area contributed by atoms with Crippen molar-refractivity contribution in [1.29, 1.82) is 0 Å². The van der Waals surface area contributed by atoms with Gasteiger partial charge < -0.3 is 10.2 Å². The number of nitrogens with zero attached hydrogens (tertiary/aromatic N) is 1. The zero-order chi connectivity index (χ0) is 20.8. The average Bonchev–Trinajstić information content (AvgIpc) is 2.67. The molecule has 1 atom stereocenters. The lowest BCUT2D eigenvalue weighted by molar-refractivity contribution is 0.0146. The third kappa shape index (κ3) is 9.47. The van der Waals surface area contributed by atoms with Crippen molar-refractivity contribution in [2.75, 3.05) is 26.3 Å². The fourth-order valence-corrected chi connectivity index (χ4v) is 4.16. The maximum Gasteiger partial charge on any atom is 0.298 e. The lowest BCUT2D eigenvalue weighted by Gasteiger charge is -2.31. The second-order valence-corrected chi connectivity index (χ2v) is 8.78. The van der Waals surface area contributed by atoms with Gasteiger partial charge in [0, 0.05) is 26.3 Å². The number of benzene rings is 1. The standard InChI is InChI=1S/C21H37NO5S/c1-3-4-5-6-7-10-21(22(15-8-17-23)16-9-18-24)27-28(25,26)20-13-11-19(2)12-14-20/h11-14,21,23-24H,3-10,15-18H2,1-2H3. The highest BCUT2D eigenvalue weighted by atomic mass is 32.2. The van der Waals surface area contributed by atoms with Crippen LogP contribution < -0.4 is 0 Å². The normalized spacial score (nSPS) is 13.2. The minimum Gasteiger partial charge on any atom is -0.396 e. The van der Waals surface area contributed by atoms with Gasteiger partial charge >= 0.3 is 0 Å². The Bertz CT molecular complexity index is 610. The molecule has 1 aromatic carbocycles. The molecule has 1 aromatic rings. The Morgan fingerprint density at radius 1 is 0.929 bits per heavy atom. The highest BCUT2D eigenvalue weighted by molar-refractivity contribution is 7.86. The molecule has 0 bridgehead atoms. The second kappa shape index (κ2) is 14.1. The molecule has 1 rings (SSSR count). The Morgan fingerprint density at radius 2 is 1.50 bits per heavy atom. The van der Waals surface area contributed by atoms with Gasteiger partial charge in [-0.1, -0.05) is 50.3 Å². The molecule has 0 spiro atoms. The molecule has 0 aliphatic carbocycles. The number of rotatable bonds is 16. The van der Waals surface area contributed by atoms with Gasteiger partial charge in [0.15, 0.2) is 0 Å². The first-order valence-electron chi connectivity index (χ1n) is 10.4. The van der Waals surface area contributed by atoms with E-state index in [9.17, 15) is 18.6 Å². The van der Waals surface area contributed by atoms with Gasteiger partial charge in [0.2, 0.25) is 0 Å². The van der Waals surface area contributed by atoms with E-state index >= 15 is 0 Å². The lowest BCUT2D eigenvalue weighted by Crippen LogP contribution is -2.40. The maximum atomic E-state index is 12.8. The molecule has 0 amide bonds. The van der Waals surface area contributed by atoms with Gasteiger partial charge in [-0.15, -0.1) is 0 Å². The summed E-state index contributed by atoms with van der Waals surface area (Å²) in [6, 6.07) is 6.64. The van der Waals surface area contributed by atoms with Crippen molar-refractivity contribution >= 4 is 10.1 Å². The number of unbranched alkanes of at least 4 members (excludes halogenated alkanes) is 4. The summed E-state index contributed by atoms with van der Waals surface area (Å²) >= 11 is 0. The average molecular weight is 416 g/mol. The van der Waals surface area contributed by atoms with Gasteiger partial charge in [0.05, 0.1) is 4.90 Å². The zero-order valence-electron chi connectivity index (χ0n) is 17.3. The predicted molar refractivity (Wildman–Crippen MR) is 112 cm³/mol. The molecule has 2 N–H and O–H groups in total. The van der Waals surface area contributed by atoms with Gasteiger partial charge in [-0.25, -0.2) is 4.18 Å². The van der Waals surface area contributed by atoms with Crippen molar-refractivity contribution in [2.24, 2.45) is 0 Å². The molecular formula is C21H37NO5S. The van der Waals surface area contributed by atoms with Crippen LogP contribution in [0.15, 0.2) is 29.2 Å². The number of hydrogen-bond acceptors (Lipinski definition) is 6. The molecule has 6 nitrogen and oxygen atoms in total. The molecule has 162 valence electrons. The minimum absolute atomic E-state index is 0.0313. The summed E-state index contributed by atoms with van der Waals surface area (Å²) < 4.78 is 31.2. The summed E-state index contributed by atoms with van der Waals surface area (Å²) in [7, 11) is -3.89. The van der Waals surface area contributed by atoms with Crippen molar-refractivity contribution in [3.05, 3.63) is 29.8 Å². The molecule has 0 saturated heterocycles. The summed E-state index contributed by atoms with van der Waals surface area (Å²) in [5.74, 6) is 0. The van der Waals surface area contributed by atoms with Crippen LogP contribution in [-0.2, 0) is 14.3 Å². The van der Waals surface area contributed by atoms with Crippen LogP contribution in [-0.4, -0.2) is 56.1 Å². The van der Waals surface area contributed by atoms with E-state index in [4.69, 9.17) is 4.18 Å². The van der Waals surface area contributed by atoms with Crippen LogP contribution in [0.2, 0.25) is 0 Å². The van der Waals surface area contributed by atoms with E-state index in [1.165, 1.54) is 6.42 Å². The molecule has 0 aliphatic rings. The van der Waals surface area contributed by atoms with Crippen LogP contribution >= 0.6 is 0 Å². The smallest absolute Gasteiger partial charge is 0.298 e. The maximum absolute atomic E-state index is 12.8. The van der Waals surface area contributed by atoms with Gasteiger partial charge in [0.1, 0.15) is 6.23 Å².